The second-order valence-corrected chi connectivity index (χ2v) is 4.36. The molecule has 86 valence electrons. The monoisotopic (exact) mass is 222 g/mol. The van der Waals surface area contributed by atoms with E-state index in [0.29, 0.717) is 25.7 Å². The number of hydrogen-bond acceptors (Lipinski definition) is 2. The third-order valence-electron chi connectivity index (χ3n) is 3.03. The standard InChI is InChI=1S/C9H13F3N2O/c10-9(11,12)8(7(13)15,5-1-2-5)14-6-3-4-6/h5-6,14H,1-4H2,(H2,13,15). The van der Waals surface area contributed by atoms with Crippen LogP contribution in [-0.4, -0.2) is 23.7 Å². The van der Waals surface area contributed by atoms with Crippen molar-refractivity contribution < 1.29 is 18.0 Å². The SMILES string of the molecule is NC(=O)C(NC1CC1)(C1CC1)C(F)(F)F. The summed E-state index contributed by atoms with van der Waals surface area (Å²) in [7, 11) is 0. The maximum Gasteiger partial charge on any atom is 0.415 e. The minimum atomic E-state index is -4.59. The largest absolute Gasteiger partial charge is 0.415 e. The number of primary amides is 1. The highest BCUT2D eigenvalue weighted by Gasteiger charge is 2.67. The van der Waals surface area contributed by atoms with E-state index in [0.717, 1.165) is 0 Å². The zero-order valence-corrected chi connectivity index (χ0v) is 8.10. The van der Waals surface area contributed by atoms with Gasteiger partial charge in [0, 0.05) is 6.04 Å². The number of amides is 1. The van der Waals surface area contributed by atoms with Crippen LogP contribution in [0.25, 0.3) is 0 Å². The normalized spacial score (nSPS) is 26.1. The molecule has 6 heteroatoms. The molecule has 0 aromatic rings. The second-order valence-electron chi connectivity index (χ2n) is 4.36. The molecule has 0 saturated heterocycles. The van der Waals surface area contributed by atoms with E-state index in [9.17, 15) is 18.0 Å². The predicted molar refractivity (Wildman–Crippen MR) is 46.9 cm³/mol. The van der Waals surface area contributed by atoms with Gasteiger partial charge >= 0.3 is 6.18 Å². The first-order chi connectivity index (χ1) is 6.88. The average Bonchev–Trinajstić information content (AvgIpc) is 2.92. The molecule has 0 radical (unpaired) electrons. The van der Waals surface area contributed by atoms with Crippen LogP contribution < -0.4 is 11.1 Å². The van der Waals surface area contributed by atoms with Crippen molar-refractivity contribution in [3.05, 3.63) is 0 Å². The maximum absolute atomic E-state index is 12.9. The van der Waals surface area contributed by atoms with Crippen molar-refractivity contribution in [1.29, 1.82) is 0 Å². The highest BCUT2D eigenvalue weighted by atomic mass is 19.4. The fraction of sp³-hybridized carbons (Fsp3) is 0.889. The smallest absolute Gasteiger partial charge is 0.368 e. The van der Waals surface area contributed by atoms with E-state index >= 15 is 0 Å². The number of carbonyl (C=O) groups is 1. The first-order valence-corrected chi connectivity index (χ1v) is 5.02. The lowest BCUT2D eigenvalue weighted by atomic mass is 9.91. The van der Waals surface area contributed by atoms with Crippen LogP contribution in [0.5, 0.6) is 0 Å². The van der Waals surface area contributed by atoms with Crippen molar-refractivity contribution in [1.82, 2.24) is 5.32 Å². The topological polar surface area (TPSA) is 55.1 Å². The summed E-state index contributed by atoms with van der Waals surface area (Å²) in [5, 5.41) is 2.41. The molecule has 0 spiro atoms. The van der Waals surface area contributed by atoms with E-state index in [1.165, 1.54) is 0 Å². The van der Waals surface area contributed by atoms with Crippen molar-refractivity contribution in [3.8, 4) is 0 Å². The number of carbonyl (C=O) groups excluding carboxylic acids is 1. The lowest BCUT2D eigenvalue weighted by Crippen LogP contribution is -2.67. The van der Waals surface area contributed by atoms with Gasteiger partial charge < -0.3 is 5.73 Å². The molecule has 1 atom stereocenters. The van der Waals surface area contributed by atoms with E-state index in [4.69, 9.17) is 5.73 Å². The van der Waals surface area contributed by atoms with E-state index in [-0.39, 0.29) is 6.04 Å². The number of hydrogen-bond donors (Lipinski definition) is 2. The molecule has 2 aliphatic carbocycles. The van der Waals surface area contributed by atoms with Gasteiger partial charge in [0.1, 0.15) is 0 Å². The molecule has 2 rings (SSSR count). The highest BCUT2D eigenvalue weighted by Crippen LogP contribution is 2.49. The number of nitrogens with two attached hydrogens (primary N) is 1. The maximum atomic E-state index is 12.9. The Kier molecular flexibility index (Phi) is 2.22. The Morgan fingerprint density at radius 1 is 1.20 bits per heavy atom. The molecule has 2 saturated carbocycles. The van der Waals surface area contributed by atoms with Crippen LogP contribution in [0.15, 0.2) is 0 Å². The van der Waals surface area contributed by atoms with Gasteiger partial charge in [0.05, 0.1) is 0 Å². The average molecular weight is 222 g/mol. The summed E-state index contributed by atoms with van der Waals surface area (Å²) in [5.74, 6) is -1.96. The van der Waals surface area contributed by atoms with Gasteiger partial charge in [0.15, 0.2) is 5.54 Å². The Labute approximate surface area is 85.2 Å². The first kappa shape index (κ1) is 10.7. The van der Waals surface area contributed by atoms with Crippen LogP contribution in [0.3, 0.4) is 0 Å². The Morgan fingerprint density at radius 2 is 1.73 bits per heavy atom. The van der Waals surface area contributed by atoms with E-state index in [1.807, 2.05) is 0 Å². The van der Waals surface area contributed by atoms with Gasteiger partial charge in [-0.3, -0.25) is 10.1 Å². The van der Waals surface area contributed by atoms with Crippen LogP contribution in [0.2, 0.25) is 0 Å². The third kappa shape index (κ3) is 1.71. The minimum Gasteiger partial charge on any atom is -0.368 e. The summed E-state index contributed by atoms with van der Waals surface area (Å²) in [4.78, 5) is 11.2. The van der Waals surface area contributed by atoms with Crippen molar-refractivity contribution in [2.24, 2.45) is 11.7 Å². The van der Waals surface area contributed by atoms with Crippen LogP contribution in [0.1, 0.15) is 25.7 Å². The van der Waals surface area contributed by atoms with E-state index < -0.39 is 23.5 Å². The van der Waals surface area contributed by atoms with Crippen molar-refractivity contribution in [3.63, 3.8) is 0 Å². The first-order valence-electron chi connectivity index (χ1n) is 5.02. The van der Waals surface area contributed by atoms with E-state index in [1.54, 1.807) is 0 Å². The van der Waals surface area contributed by atoms with Gasteiger partial charge in [-0.25, -0.2) is 0 Å². The molecule has 0 aliphatic heterocycles. The second kappa shape index (κ2) is 3.10. The zero-order valence-electron chi connectivity index (χ0n) is 8.10. The summed E-state index contributed by atoms with van der Waals surface area (Å²) in [5.41, 5.74) is 2.48. The number of alkyl halides is 3. The van der Waals surface area contributed by atoms with Crippen LogP contribution in [0, 0.1) is 5.92 Å². The Balaban J connectivity index is 2.27. The molecule has 2 aliphatic rings. The molecular weight excluding hydrogens is 209 g/mol. The van der Waals surface area contributed by atoms with Gasteiger partial charge in [0.25, 0.3) is 0 Å². The molecule has 3 nitrogen and oxygen atoms in total. The predicted octanol–water partition coefficient (Wildman–Crippen LogP) is 0.935. The molecule has 0 bridgehead atoms. The molecule has 1 amide bonds. The van der Waals surface area contributed by atoms with Crippen LogP contribution in [-0.2, 0) is 4.79 Å². The quantitative estimate of drug-likeness (QED) is 0.743. The summed E-state index contributed by atoms with van der Waals surface area (Å²) < 4.78 is 38.8. The molecule has 0 aromatic heterocycles. The van der Waals surface area contributed by atoms with Gasteiger partial charge in [-0.1, -0.05) is 0 Å². The molecule has 0 aromatic carbocycles. The number of nitrogens with one attached hydrogen (secondary N) is 1. The van der Waals surface area contributed by atoms with Crippen LogP contribution >= 0.6 is 0 Å². The fourth-order valence-electron chi connectivity index (χ4n) is 1.91. The van der Waals surface area contributed by atoms with Crippen molar-refractivity contribution in [2.45, 2.75) is 43.4 Å². The molecule has 1 unspecified atom stereocenters. The Bertz CT molecular complexity index is 284. The lowest BCUT2D eigenvalue weighted by Gasteiger charge is -2.34. The fourth-order valence-corrected chi connectivity index (χ4v) is 1.91. The molecular formula is C9H13F3N2O. The van der Waals surface area contributed by atoms with Gasteiger partial charge in [-0.05, 0) is 31.6 Å². The minimum absolute atomic E-state index is 0.195. The zero-order chi connectivity index (χ0) is 11.3. The highest BCUT2D eigenvalue weighted by molar-refractivity contribution is 5.86. The Hall–Kier alpha value is -0.780. The lowest BCUT2D eigenvalue weighted by molar-refractivity contribution is -0.204. The molecule has 15 heavy (non-hydrogen) atoms. The molecule has 0 heterocycles. The summed E-state index contributed by atoms with van der Waals surface area (Å²) in [6.07, 6.45) is -2.37. The van der Waals surface area contributed by atoms with Crippen molar-refractivity contribution in [2.75, 3.05) is 0 Å². The van der Waals surface area contributed by atoms with Gasteiger partial charge in [0.2, 0.25) is 5.91 Å². The van der Waals surface area contributed by atoms with E-state index in [2.05, 4.69) is 5.32 Å². The van der Waals surface area contributed by atoms with Crippen molar-refractivity contribution >= 4 is 5.91 Å². The number of rotatable bonds is 4. The number of halogens is 3. The molecule has 2 fully saturated rings. The van der Waals surface area contributed by atoms with Crippen LogP contribution in [0.4, 0.5) is 13.2 Å². The molecule has 3 N–H and O–H groups in total. The Morgan fingerprint density at radius 3 is 2.00 bits per heavy atom. The van der Waals surface area contributed by atoms with Gasteiger partial charge in [-0.2, -0.15) is 13.2 Å². The third-order valence-corrected chi connectivity index (χ3v) is 3.03. The summed E-state index contributed by atoms with van der Waals surface area (Å²) >= 11 is 0. The summed E-state index contributed by atoms with van der Waals surface area (Å²) in [6, 6.07) is -0.195. The summed E-state index contributed by atoms with van der Waals surface area (Å²) in [6.45, 7) is 0. The van der Waals surface area contributed by atoms with Gasteiger partial charge in [-0.15, -0.1) is 0 Å².